The maximum Gasteiger partial charge on any atom is 0.257 e. The van der Waals surface area contributed by atoms with Gasteiger partial charge in [-0.15, -0.1) is 0 Å². The minimum atomic E-state index is -0.0713. The fraction of sp³-hybridized carbons (Fsp3) is 0.300. The fourth-order valence-corrected chi connectivity index (χ4v) is 3.79. The number of ether oxygens (including phenoxy) is 1. The second-order valence-electron chi connectivity index (χ2n) is 6.48. The van der Waals surface area contributed by atoms with Crippen molar-refractivity contribution in [2.75, 3.05) is 13.2 Å². The zero-order valence-electron chi connectivity index (χ0n) is 14.8. The molecule has 3 aromatic rings. The quantitative estimate of drug-likeness (QED) is 0.655. The summed E-state index contributed by atoms with van der Waals surface area (Å²) in [4.78, 5) is 27.7. The van der Waals surface area contributed by atoms with Crippen molar-refractivity contribution < 1.29 is 9.53 Å². The van der Waals surface area contributed by atoms with Crippen LogP contribution in [0.2, 0.25) is 0 Å². The van der Waals surface area contributed by atoms with Crippen molar-refractivity contribution >= 4 is 17.2 Å². The Kier molecular flexibility index (Phi) is 5.50. The molecule has 7 heteroatoms. The number of aromatic nitrogens is 3. The summed E-state index contributed by atoms with van der Waals surface area (Å²) < 4.78 is 5.74. The average Bonchev–Trinajstić information content (AvgIpc) is 3.42. The number of carbonyl (C=O) groups is 1. The van der Waals surface area contributed by atoms with Crippen molar-refractivity contribution in [2.24, 2.45) is 0 Å². The summed E-state index contributed by atoms with van der Waals surface area (Å²) in [5, 5.41) is 4.09. The second kappa shape index (κ2) is 8.37. The summed E-state index contributed by atoms with van der Waals surface area (Å²) in [6.07, 6.45) is 8.73. The fourth-order valence-electron chi connectivity index (χ4n) is 3.13. The third kappa shape index (κ3) is 4.37. The van der Waals surface area contributed by atoms with Gasteiger partial charge in [0.25, 0.3) is 5.91 Å². The van der Waals surface area contributed by atoms with E-state index < -0.39 is 0 Å². The van der Waals surface area contributed by atoms with Crippen molar-refractivity contribution in [1.82, 2.24) is 19.9 Å². The highest BCUT2D eigenvalue weighted by molar-refractivity contribution is 7.07. The van der Waals surface area contributed by atoms with Crippen molar-refractivity contribution in [3.05, 3.63) is 64.9 Å². The van der Waals surface area contributed by atoms with Gasteiger partial charge in [0, 0.05) is 50.0 Å². The standard InChI is InChI=1S/C20H20N4O2S/c25-20(17-10-22-19(23-11-17)16-3-6-21-7-4-16)24(12-15-5-9-27-14-15)13-18-2-1-8-26-18/h3-7,9-11,14,18H,1-2,8,12-13H2/t18-/m1/s1. The molecular weight excluding hydrogens is 360 g/mol. The molecule has 27 heavy (non-hydrogen) atoms. The molecule has 0 aromatic carbocycles. The van der Waals surface area contributed by atoms with Crippen molar-refractivity contribution in [1.29, 1.82) is 0 Å². The Balaban J connectivity index is 1.52. The molecule has 1 amide bonds. The Morgan fingerprint density at radius 3 is 2.70 bits per heavy atom. The summed E-state index contributed by atoms with van der Waals surface area (Å²) in [7, 11) is 0. The van der Waals surface area contributed by atoms with E-state index >= 15 is 0 Å². The first kappa shape index (κ1) is 17.8. The molecule has 1 saturated heterocycles. The molecule has 0 radical (unpaired) electrons. The molecule has 1 atom stereocenters. The van der Waals surface area contributed by atoms with E-state index in [2.05, 4.69) is 20.3 Å². The van der Waals surface area contributed by atoms with E-state index in [1.807, 2.05) is 28.5 Å². The zero-order chi connectivity index (χ0) is 18.5. The number of rotatable bonds is 6. The summed E-state index contributed by atoms with van der Waals surface area (Å²) >= 11 is 1.63. The van der Waals surface area contributed by atoms with Crippen LogP contribution in [0.15, 0.2) is 53.7 Å². The van der Waals surface area contributed by atoms with Crippen LogP contribution in [0.3, 0.4) is 0 Å². The molecule has 138 valence electrons. The van der Waals surface area contributed by atoms with Gasteiger partial charge in [0.15, 0.2) is 5.82 Å². The largest absolute Gasteiger partial charge is 0.376 e. The number of nitrogens with zero attached hydrogens (tertiary/aromatic N) is 4. The van der Waals surface area contributed by atoms with Gasteiger partial charge < -0.3 is 9.64 Å². The summed E-state index contributed by atoms with van der Waals surface area (Å²) in [5.41, 5.74) is 2.49. The molecule has 0 bridgehead atoms. The Hall–Kier alpha value is -2.64. The van der Waals surface area contributed by atoms with Crippen LogP contribution in [0.4, 0.5) is 0 Å². The van der Waals surface area contributed by atoms with Gasteiger partial charge in [-0.2, -0.15) is 11.3 Å². The minimum Gasteiger partial charge on any atom is -0.376 e. The molecule has 0 unspecified atom stereocenters. The van der Waals surface area contributed by atoms with Crippen LogP contribution in [0.5, 0.6) is 0 Å². The van der Waals surface area contributed by atoms with Crippen molar-refractivity contribution in [3.63, 3.8) is 0 Å². The van der Waals surface area contributed by atoms with Gasteiger partial charge in [-0.25, -0.2) is 9.97 Å². The molecule has 1 aliphatic rings. The van der Waals surface area contributed by atoms with E-state index in [9.17, 15) is 4.79 Å². The van der Waals surface area contributed by atoms with Gasteiger partial charge in [-0.3, -0.25) is 9.78 Å². The van der Waals surface area contributed by atoms with Gasteiger partial charge in [-0.1, -0.05) is 0 Å². The van der Waals surface area contributed by atoms with E-state index in [0.29, 0.717) is 24.5 Å². The van der Waals surface area contributed by atoms with Crippen LogP contribution >= 0.6 is 11.3 Å². The van der Waals surface area contributed by atoms with Crippen LogP contribution in [0.25, 0.3) is 11.4 Å². The molecular formula is C20H20N4O2S. The summed E-state index contributed by atoms with van der Waals surface area (Å²) in [6.45, 7) is 1.92. The molecule has 0 N–H and O–H groups in total. The monoisotopic (exact) mass is 380 g/mol. The van der Waals surface area contributed by atoms with Gasteiger partial charge in [-0.05, 0) is 47.4 Å². The van der Waals surface area contributed by atoms with E-state index in [-0.39, 0.29) is 12.0 Å². The number of hydrogen-bond acceptors (Lipinski definition) is 6. The second-order valence-corrected chi connectivity index (χ2v) is 7.26. The van der Waals surface area contributed by atoms with Crippen molar-refractivity contribution in [3.8, 4) is 11.4 Å². The third-order valence-electron chi connectivity index (χ3n) is 4.53. The first-order valence-electron chi connectivity index (χ1n) is 8.94. The van der Waals surface area contributed by atoms with Crippen LogP contribution in [0, 0.1) is 0 Å². The molecule has 0 spiro atoms. The molecule has 1 aliphatic heterocycles. The van der Waals surface area contributed by atoms with E-state index in [1.54, 1.807) is 36.1 Å². The molecule has 6 nitrogen and oxygen atoms in total. The summed E-state index contributed by atoms with van der Waals surface area (Å²) in [5.74, 6) is 0.510. The van der Waals surface area contributed by atoms with E-state index in [4.69, 9.17) is 4.74 Å². The van der Waals surface area contributed by atoms with Crippen LogP contribution in [-0.4, -0.2) is 45.0 Å². The number of thiophene rings is 1. The van der Waals surface area contributed by atoms with Gasteiger partial charge in [0.1, 0.15) is 0 Å². The number of amides is 1. The maximum absolute atomic E-state index is 13.1. The van der Waals surface area contributed by atoms with Crippen LogP contribution < -0.4 is 0 Å². The van der Waals surface area contributed by atoms with Gasteiger partial charge >= 0.3 is 0 Å². The Bertz CT molecular complexity index is 863. The normalized spacial score (nSPS) is 16.4. The van der Waals surface area contributed by atoms with E-state index in [1.165, 1.54) is 0 Å². The smallest absolute Gasteiger partial charge is 0.257 e. The SMILES string of the molecule is O=C(c1cnc(-c2ccncc2)nc1)N(Cc1ccsc1)C[C@H]1CCCO1. The molecule has 1 fully saturated rings. The molecule has 4 heterocycles. The summed E-state index contributed by atoms with van der Waals surface area (Å²) in [6, 6.07) is 5.73. The van der Waals surface area contributed by atoms with E-state index in [0.717, 1.165) is 30.6 Å². The molecule has 0 saturated carbocycles. The Labute approximate surface area is 161 Å². The van der Waals surface area contributed by atoms with Gasteiger partial charge in [0.05, 0.1) is 11.7 Å². The van der Waals surface area contributed by atoms with Crippen molar-refractivity contribution in [2.45, 2.75) is 25.5 Å². The Morgan fingerprint density at radius 1 is 1.22 bits per heavy atom. The predicted octanol–water partition coefficient (Wildman–Crippen LogP) is 3.42. The predicted molar refractivity (Wildman–Crippen MR) is 103 cm³/mol. The zero-order valence-corrected chi connectivity index (χ0v) is 15.6. The topological polar surface area (TPSA) is 68.2 Å². The lowest BCUT2D eigenvalue weighted by atomic mass is 10.2. The lowest BCUT2D eigenvalue weighted by Gasteiger charge is -2.25. The number of carbonyl (C=O) groups excluding carboxylic acids is 1. The highest BCUT2D eigenvalue weighted by atomic mass is 32.1. The van der Waals surface area contributed by atoms with Crippen LogP contribution in [-0.2, 0) is 11.3 Å². The average molecular weight is 380 g/mol. The minimum absolute atomic E-state index is 0.0713. The third-order valence-corrected chi connectivity index (χ3v) is 5.26. The Morgan fingerprint density at radius 2 is 2.04 bits per heavy atom. The highest BCUT2D eigenvalue weighted by Crippen LogP contribution is 2.19. The molecule has 4 rings (SSSR count). The molecule has 3 aromatic heterocycles. The number of hydrogen-bond donors (Lipinski definition) is 0. The highest BCUT2D eigenvalue weighted by Gasteiger charge is 2.24. The van der Waals surface area contributed by atoms with Crippen LogP contribution in [0.1, 0.15) is 28.8 Å². The maximum atomic E-state index is 13.1. The lowest BCUT2D eigenvalue weighted by Crippen LogP contribution is -2.37. The molecule has 0 aliphatic carbocycles. The lowest BCUT2D eigenvalue weighted by molar-refractivity contribution is 0.0507. The van der Waals surface area contributed by atoms with Gasteiger partial charge in [0.2, 0.25) is 0 Å². The first-order valence-corrected chi connectivity index (χ1v) is 9.88. The number of pyridine rings is 1. The first-order chi connectivity index (χ1) is 13.3.